The SMILES string of the molecule is Cc1noc2ncc(C(=O)N3CCCN(c4nc5ccccc5[nH]4)CC3)cc12. The molecule has 0 atom stereocenters. The predicted octanol–water partition coefficient (Wildman–Crippen LogP) is 2.76. The average Bonchev–Trinajstić information content (AvgIpc) is 3.22. The molecule has 0 spiro atoms. The molecular weight excluding hydrogens is 356 g/mol. The number of carbonyl (C=O) groups is 1. The summed E-state index contributed by atoms with van der Waals surface area (Å²) in [4.78, 5) is 29.4. The number of amides is 1. The number of pyridine rings is 1. The Kier molecular flexibility index (Phi) is 3.96. The number of nitrogens with zero attached hydrogens (tertiary/aromatic N) is 5. The van der Waals surface area contributed by atoms with E-state index in [1.807, 2.05) is 42.2 Å². The van der Waals surface area contributed by atoms with Crippen LogP contribution in [-0.4, -0.2) is 57.1 Å². The fraction of sp³-hybridized carbons (Fsp3) is 0.300. The Morgan fingerprint density at radius 1 is 1.18 bits per heavy atom. The number of H-pyrrole nitrogens is 1. The third-order valence-corrected chi connectivity index (χ3v) is 5.22. The van der Waals surface area contributed by atoms with E-state index in [4.69, 9.17) is 4.52 Å². The summed E-state index contributed by atoms with van der Waals surface area (Å²) in [5, 5.41) is 4.69. The van der Waals surface area contributed by atoms with Crippen molar-refractivity contribution in [3.8, 4) is 0 Å². The largest absolute Gasteiger partial charge is 0.341 e. The summed E-state index contributed by atoms with van der Waals surface area (Å²) in [6, 6.07) is 9.82. The molecule has 4 aromatic rings. The number of anilines is 1. The van der Waals surface area contributed by atoms with Gasteiger partial charge in [-0.15, -0.1) is 0 Å². The van der Waals surface area contributed by atoms with Gasteiger partial charge in [-0.3, -0.25) is 4.79 Å². The number of aromatic amines is 1. The van der Waals surface area contributed by atoms with Crippen molar-refractivity contribution < 1.29 is 9.32 Å². The second-order valence-electron chi connectivity index (χ2n) is 7.06. The normalized spacial score (nSPS) is 15.3. The summed E-state index contributed by atoms with van der Waals surface area (Å²) in [5.41, 5.74) is 3.75. The maximum absolute atomic E-state index is 13.0. The Bertz CT molecular complexity index is 1130. The van der Waals surface area contributed by atoms with Crippen LogP contribution < -0.4 is 4.90 Å². The third-order valence-electron chi connectivity index (χ3n) is 5.22. The molecule has 5 rings (SSSR count). The molecule has 142 valence electrons. The number of rotatable bonds is 2. The minimum Gasteiger partial charge on any atom is -0.341 e. The van der Waals surface area contributed by atoms with Crippen molar-refractivity contribution in [2.24, 2.45) is 0 Å². The quantitative estimate of drug-likeness (QED) is 0.578. The van der Waals surface area contributed by atoms with Crippen LogP contribution in [0.4, 0.5) is 5.95 Å². The number of aromatic nitrogens is 4. The highest BCUT2D eigenvalue weighted by Gasteiger charge is 2.23. The minimum atomic E-state index is -0.0125. The monoisotopic (exact) mass is 376 g/mol. The van der Waals surface area contributed by atoms with Gasteiger partial charge in [0.25, 0.3) is 11.6 Å². The van der Waals surface area contributed by atoms with Gasteiger partial charge in [-0.05, 0) is 31.5 Å². The molecular formula is C20H20N6O2. The van der Waals surface area contributed by atoms with Gasteiger partial charge < -0.3 is 19.3 Å². The van der Waals surface area contributed by atoms with Gasteiger partial charge in [-0.25, -0.2) is 9.97 Å². The van der Waals surface area contributed by atoms with Crippen LogP contribution in [0, 0.1) is 6.92 Å². The number of imidazole rings is 1. The number of aryl methyl sites for hydroxylation is 1. The number of nitrogens with one attached hydrogen (secondary N) is 1. The van der Waals surface area contributed by atoms with Crippen molar-refractivity contribution in [3.05, 3.63) is 47.8 Å². The van der Waals surface area contributed by atoms with Gasteiger partial charge in [0, 0.05) is 32.4 Å². The van der Waals surface area contributed by atoms with Gasteiger partial charge in [0.2, 0.25) is 5.95 Å². The van der Waals surface area contributed by atoms with Crippen molar-refractivity contribution in [2.75, 3.05) is 31.1 Å². The van der Waals surface area contributed by atoms with Crippen LogP contribution in [0.1, 0.15) is 22.5 Å². The van der Waals surface area contributed by atoms with Gasteiger partial charge in [-0.1, -0.05) is 17.3 Å². The number of benzene rings is 1. The second kappa shape index (κ2) is 6.63. The maximum Gasteiger partial charge on any atom is 0.257 e. The molecule has 1 aromatic carbocycles. The first-order valence-corrected chi connectivity index (χ1v) is 9.40. The fourth-order valence-electron chi connectivity index (χ4n) is 3.67. The number of fused-ring (bicyclic) bond motifs is 2. The van der Waals surface area contributed by atoms with Gasteiger partial charge in [0.15, 0.2) is 0 Å². The Hall–Kier alpha value is -3.42. The maximum atomic E-state index is 13.0. The third kappa shape index (κ3) is 2.87. The predicted molar refractivity (Wildman–Crippen MR) is 105 cm³/mol. The highest BCUT2D eigenvalue weighted by molar-refractivity contribution is 5.97. The smallest absolute Gasteiger partial charge is 0.257 e. The Morgan fingerprint density at radius 3 is 2.96 bits per heavy atom. The fourth-order valence-corrected chi connectivity index (χ4v) is 3.67. The molecule has 1 fully saturated rings. The molecule has 1 amide bonds. The number of para-hydroxylation sites is 2. The zero-order valence-corrected chi connectivity index (χ0v) is 15.6. The van der Waals surface area contributed by atoms with Gasteiger partial charge >= 0.3 is 0 Å². The van der Waals surface area contributed by atoms with Crippen LogP contribution in [0.2, 0.25) is 0 Å². The molecule has 4 heterocycles. The molecule has 28 heavy (non-hydrogen) atoms. The summed E-state index contributed by atoms with van der Waals surface area (Å²) < 4.78 is 5.13. The number of hydrogen-bond donors (Lipinski definition) is 1. The molecule has 0 unspecified atom stereocenters. The van der Waals surface area contributed by atoms with Crippen LogP contribution >= 0.6 is 0 Å². The van der Waals surface area contributed by atoms with E-state index in [2.05, 4.69) is 25.0 Å². The first kappa shape index (κ1) is 16.7. The lowest BCUT2D eigenvalue weighted by Gasteiger charge is -2.21. The van der Waals surface area contributed by atoms with Crippen molar-refractivity contribution in [1.82, 2.24) is 25.0 Å². The van der Waals surface area contributed by atoms with E-state index in [9.17, 15) is 4.79 Å². The molecule has 0 radical (unpaired) electrons. The summed E-state index contributed by atoms with van der Waals surface area (Å²) in [7, 11) is 0. The lowest BCUT2D eigenvalue weighted by atomic mass is 10.2. The molecule has 1 N–H and O–H groups in total. The number of hydrogen-bond acceptors (Lipinski definition) is 6. The van der Waals surface area contributed by atoms with Crippen LogP contribution in [0.5, 0.6) is 0 Å². The highest BCUT2D eigenvalue weighted by Crippen LogP contribution is 2.21. The molecule has 8 heteroatoms. The molecule has 0 bridgehead atoms. The molecule has 8 nitrogen and oxygen atoms in total. The zero-order valence-electron chi connectivity index (χ0n) is 15.6. The van der Waals surface area contributed by atoms with E-state index < -0.39 is 0 Å². The zero-order chi connectivity index (χ0) is 19.1. The Balaban J connectivity index is 1.34. The van der Waals surface area contributed by atoms with Crippen molar-refractivity contribution in [1.29, 1.82) is 0 Å². The Morgan fingerprint density at radius 2 is 2.07 bits per heavy atom. The molecule has 0 aliphatic carbocycles. The second-order valence-corrected chi connectivity index (χ2v) is 7.06. The van der Waals surface area contributed by atoms with Crippen molar-refractivity contribution in [2.45, 2.75) is 13.3 Å². The lowest BCUT2D eigenvalue weighted by molar-refractivity contribution is 0.0767. The van der Waals surface area contributed by atoms with E-state index in [-0.39, 0.29) is 5.91 Å². The molecule has 1 saturated heterocycles. The minimum absolute atomic E-state index is 0.0125. The molecule has 0 saturated carbocycles. The van der Waals surface area contributed by atoms with Crippen LogP contribution in [-0.2, 0) is 0 Å². The van der Waals surface area contributed by atoms with Crippen molar-refractivity contribution >= 4 is 34.0 Å². The van der Waals surface area contributed by atoms with Gasteiger partial charge in [-0.2, -0.15) is 0 Å². The van der Waals surface area contributed by atoms with Gasteiger partial charge in [0.1, 0.15) is 0 Å². The lowest BCUT2D eigenvalue weighted by Crippen LogP contribution is -2.35. The van der Waals surface area contributed by atoms with E-state index in [1.165, 1.54) is 0 Å². The summed E-state index contributed by atoms with van der Waals surface area (Å²) in [6.07, 6.45) is 2.45. The molecule has 3 aromatic heterocycles. The van der Waals surface area contributed by atoms with Gasteiger partial charge in [0.05, 0.1) is 27.7 Å². The van der Waals surface area contributed by atoms with E-state index in [0.717, 1.165) is 47.6 Å². The summed E-state index contributed by atoms with van der Waals surface area (Å²) >= 11 is 0. The molecule has 1 aliphatic heterocycles. The molecule has 1 aliphatic rings. The first-order chi connectivity index (χ1) is 13.7. The summed E-state index contributed by atoms with van der Waals surface area (Å²) in [6.45, 7) is 4.77. The highest BCUT2D eigenvalue weighted by atomic mass is 16.5. The van der Waals surface area contributed by atoms with E-state index in [0.29, 0.717) is 24.4 Å². The summed E-state index contributed by atoms with van der Waals surface area (Å²) in [5.74, 6) is 0.847. The van der Waals surface area contributed by atoms with Crippen LogP contribution in [0.3, 0.4) is 0 Å². The van der Waals surface area contributed by atoms with E-state index >= 15 is 0 Å². The van der Waals surface area contributed by atoms with Crippen LogP contribution in [0.25, 0.3) is 22.1 Å². The first-order valence-electron chi connectivity index (χ1n) is 9.40. The Labute approximate surface area is 161 Å². The average molecular weight is 376 g/mol. The topological polar surface area (TPSA) is 91.2 Å². The van der Waals surface area contributed by atoms with Crippen molar-refractivity contribution in [3.63, 3.8) is 0 Å². The van der Waals surface area contributed by atoms with Crippen LogP contribution in [0.15, 0.2) is 41.1 Å². The van der Waals surface area contributed by atoms with E-state index in [1.54, 1.807) is 6.20 Å². The standard InChI is InChI=1S/C20H20N6O2/c1-13-15-11-14(12-21-18(15)28-24-13)19(27)25-7-4-8-26(10-9-25)20-22-16-5-2-3-6-17(16)23-20/h2-3,5-6,11-12H,4,7-10H2,1H3,(H,22,23). The number of carbonyl (C=O) groups excluding carboxylic acids is 1.